The molecule has 1 saturated carbocycles. The van der Waals surface area contributed by atoms with E-state index in [0.29, 0.717) is 13.1 Å². The molecule has 2 N–H and O–H groups in total. The molecule has 0 saturated heterocycles. The zero-order valence-corrected chi connectivity index (χ0v) is 12.9. The Kier molecular flexibility index (Phi) is 6.30. The quantitative estimate of drug-likeness (QED) is 0.788. The maximum absolute atomic E-state index is 12.2. The number of rotatable bonds is 6. The van der Waals surface area contributed by atoms with Crippen LogP contribution in [0, 0.1) is 5.41 Å². The first-order valence-corrected chi connectivity index (χ1v) is 7.66. The topological polar surface area (TPSA) is 69.6 Å². The van der Waals surface area contributed by atoms with E-state index in [1.54, 1.807) is 4.90 Å². The first-order valence-electron chi connectivity index (χ1n) is 7.66. The number of carboxylic acid groups (broad SMARTS) is 1. The van der Waals surface area contributed by atoms with Gasteiger partial charge in [-0.15, -0.1) is 0 Å². The van der Waals surface area contributed by atoms with E-state index in [1.807, 2.05) is 20.8 Å². The maximum atomic E-state index is 12.2. The average Bonchev–Trinajstić information content (AvgIpc) is 2.37. The summed E-state index contributed by atoms with van der Waals surface area (Å²) < 4.78 is 0. The van der Waals surface area contributed by atoms with Crippen LogP contribution >= 0.6 is 0 Å². The number of hydrogen-bond donors (Lipinski definition) is 2. The number of carbonyl (C=O) groups excluding carboxylic acids is 1. The van der Waals surface area contributed by atoms with Crippen LogP contribution in [0.5, 0.6) is 0 Å². The first kappa shape index (κ1) is 16.8. The molecular formula is C15H28N2O3. The molecule has 0 spiro atoms. The van der Waals surface area contributed by atoms with Crippen molar-refractivity contribution in [3.63, 3.8) is 0 Å². The van der Waals surface area contributed by atoms with E-state index < -0.39 is 5.97 Å². The molecule has 1 aliphatic carbocycles. The van der Waals surface area contributed by atoms with E-state index in [0.717, 1.165) is 25.7 Å². The largest absolute Gasteiger partial charge is 0.481 e. The van der Waals surface area contributed by atoms with Crippen molar-refractivity contribution >= 4 is 12.0 Å². The fourth-order valence-corrected chi connectivity index (χ4v) is 3.15. The van der Waals surface area contributed by atoms with Crippen LogP contribution in [-0.4, -0.2) is 41.1 Å². The molecule has 0 aliphatic heterocycles. The fraction of sp³-hybridized carbons (Fsp3) is 0.867. The minimum Gasteiger partial charge on any atom is -0.481 e. The van der Waals surface area contributed by atoms with E-state index in [4.69, 9.17) is 5.11 Å². The van der Waals surface area contributed by atoms with Gasteiger partial charge in [0.2, 0.25) is 0 Å². The lowest BCUT2D eigenvalue weighted by atomic mass is 9.72. The Bertz CT molecular complexity index is 336. The Labute approximate surface area is 121 Å². The highest BCUT2D eigenvalue weighted by Gasteiger charge is 2.35. The van der Waals surface area contributed by atoms with Crippen LogP contribution in [0.1, 0.15) is 59.3 Å². The van der Waals surface area contributed by atoms with Crippen LogP contribution in [0.25, 0.3) is 0 Å². The van der Waals surface area contributed by atoms with Gasteiger partial charge in [0.25, 0.3) is 0 Å². The molecule has 0 bridgehead atoms. The third-order valence-corrected chi connectivity index (χ3v) is 4.28. The van der Waals surface area contributed by atoms with Crippen LogP contribution in [0.2, 0.25) is 0 Å². The summed E-state index contributed by atoms with van der Waals surface area (Å²) in [6, 6.07) is 0.0691. The number of carbonyl (C=O) groups is 2. The second-order valence-corrected chi connectivity index (χ2v) is 6.17. The van der Waals surface area contributed by atoms with E-state index in [2.05, 4.69) is 5.32 Å². The Morgan fingerprint density at radius 1 is 1.25 bits per heavy atom. The Morgan fingerprint density at radius 3 is 2.30 bits per heavy atom. The van der Waals surface area contributed by atoms with Crippen LogP contribution in [0.3, 0.4) is 0 Å². The van der Waals surface area contributed by atoms with Crippen LogP contribution < -0.4 is 5.32 Å². The van der Waals surface area contributed by atoms with Crippen molar-refractivity contribution in [3.8, 4) is 0 Å². The predicted octanol–water partition coefficient (Wildman–Crippen LogP) is 2.85. The van der Waals surface area contributed by atoms with Gasteiger partial charge in [-0.2, -0.15) is 0 Å². The molecule has 20 heavy (non-hydrogen) atoms. The van der Waals surface area contributed by atoms with Gasteiger partial charge < -0.3 is 15.3 Å². The smallest absolute Gasteiger partial charge is 0.317 e. The third kappa shape index (κ3) is 4.69. The molecule has 0 aromatic carbocycles. The summed E-state index contributed by atoms with van der Waals surface area (Å²) in [5.41, 5.74) is -0.254. The second kappa shape index (κ2) is 7.50. The standard InChI is InChI=1S/C15H28N2O3/c1-4-17(12(2)3)14(20)16-11-15(10-13(18)19)8-6-5-7-9-15/h12H,4-11H2,1-3H3,(H,16,20)(H,18,19). The number of nitrogens with one attached hydrogen (secondary N) is 1. The number of aliphatic carboxylic acids is 1. The average molecular weight is 284 g/mol. The summed E-state index contributed by atoms with van der Waals surface area (Å²) in [4.78, 5) is 25.0. The maximum Gasteiger partial charge on any atom is 0.317 e. The van der Waals surface area contributed by atoms with Crippen molar-refractivity contribution in [2.45, 2.75) is 65.3 Å². The Morgan fingerprint density at radius 2 is 1.85 bits per heavy atom. The van der Waals surface area contributed by atoms with Gasteiger partial charge in [-0.3, -0.25) is 4.79 Å². The summed E-state index contributed by atoms with van der Waals surface area (Å²) >= 11 is 0. The van der Waals surface area contributed by atoms with Crippen molar-refractivity contribution in [2.24, 2.45) is 5.41 Å². The highest BCUT2D eigenvalue weighted by atomic mass is 16.4. The SMILES string of the molecule is CCN(C(=O)NCC1(CC(=O)O)CCCCC1)C(C)C. The van der Waals surface area contributed by atoms with Gasteiger partial charge in [0.1, 0.15) is 0 Å². The normalized spacial score (nSPS) is 17.8. The summed E-state index contributed by atoms with van der Waals surface area (Å²) in [5, 5.41) is 12.1. The summed E-state index contributed by atoms with van der Waals surface area (Å²) in [5.74, 6) is -0.766. The minimum absolute atomic E-state index is 0.0853. The Balaban J connectivity index is 2.62. The summed E-state index contributed by atoms with van der Waals surface area (Å²) in [6.45, 7) is 7.05. The van der Waals surface area contributed by atoms with Crippen molar-refractivity contribution in [2.75, 3.05) is 13.1 Å². The van der Waals surface area contributed by atoms with Crippen molar-refractivity contribution in [3.05, 3.63) is 0 Å². The zero-order valence-electron chi connectivity index (χ0n) is 12.9. The predicted molar refractivity (Wildman–Crippen MR) is 78.7 cm³/mol. The molecule has 0 radical (unpaired) electrons. The molecule has 0 aromatic heterocycles. The van der Waals surface area contributed by atoms with Gasteiger partial charge in [0.05, 0.1) is 6.42 Å². The molecule has 116 valence electrons. The van der Waals surface area contributed by atoms with E-state index in [-0.39, 0.29) is 23.9 Å². The highest BCUT2D eigenvalue weighted by molar-refractivity contribution is 5.74. The first-order chi connectivity index (χ1) is 9.40. The molecule has 1 rings (SSSR count). The molecule has 0 heterocycles. The molecule has 2 amide bonds. The van der Waals surface area contributed by atoms with Gasteiger partial charge >= 0.3 is 12.0 Å². The van der Waals surface area contributed by atoms with Gasteiger partial charge in [0.15, 0.2) is 0 Å². The summed E-state index contributed by atoms with van der Waals surface area (Å²) in [6.07, 6.45) is 5.24. The van der Waals surface area contributed by atoms with E-state index in [9.17, 15) is 9.59 Å². The lowest BCUT2D eigenvalue weighted by Gasteiger charge is -2.37. The van der Waals surface area contributed by atoms with Crippen molar-refractivity contribution < 1.29 is 14.7 Å². The van der Waals surface area contributed by atoms with E-state index >= 15 is 0 Å². The third-order valence-electron chi connectivity index (χ3n) is 4.28. The lowest BCUT2D eigenvalue weighted by Crippen LogP contribution is -2.48. The second-order valence-electron chi connectivity index (χ2n) is 6.17. The highest BCUT2D eigenvalue weighted by Crippen LogP contribution is 2.38. The van der Waals surface area contributed by atoms with Gasteiger partial charge in [-0.1, -0.05) is 19.3 Å². The molecule has 0 aromatic rings. The minimum atomic E-state index is -0.766. The van der Waals surface area contributed by atoms with Crippen molar-refractivity contribution in [1.82, 2.24) is 10.2 Å². The molecule has 5 heteroatoms. The van der Waals surface area contributed by atoms with Crippen LogP contribution in [0.15, 0.2) is 0 Å². The number of urea groups is 1. The van der Waals surface area contributed by atoms with Gasteiger partial charge in [-0.05, 0) is 39.0 Å². The van der Waals surface area contributed by atoms with Gasteiger partial charge in [-0.25, -0.2) is 4.79 Å². The lowest BCUT2D eigenvalue weighted by molar-refractivity contribution is -0.140. The zero-order chi connectivity index (χ0) is 15.2. The summed E-state index contributed by atoms with van der Waals surface area (Å²) in [7, 11) is 0. The number of amides is 2. The van der Waals surface area contributed by atoms with Crippen LogP contribution in [0.4, 0.5) is 4.79 Å². The molecule has 0 atom stereocenters. The molecule has 0 unspecified atom stereocenters. The van der Waals surface area contributed by atoms with Crippen molar-refractivity contribution in [1.29, 1.82) is 0 Å². The Hall–Kier alpha value is -1.26. The monoisotopic (exact) mass is 284 g/mol. The number of carboxylic acids is 1. The van der Waals surface area contributed by atoms with E-state index in [1.165, 1.54) is 6.42 Å². The molecular weight excluding hydrogens is 256 g/mol. The molecule has 5 nitrogen and oxygen atoms in total. The molecule has 1 aliphatic rings. The van der Waals surface area contributed by atoms with Gasteiger partial charge in [0, 0.05) is 19.1 Å². The van der Waals surface area contributed by atoms with Crippen LogP contribution in [-0.2, 0) is 4.79 Å². The number of nitrogens with zero attached hydrogens (tertiary/aromatic N) is 1. The molecule has 1 fully saturated rings. The number of hydrogen-bond acceptors (Lipinski definition) is 2. The fourth-order valence-electron chi connectivity index (χ4n) is 3.15.